The van der Waals surface area contributed by atoms with E-state index in [9.17, 15) is 22.7 Å². The Bertz CT molecular complexity index is 1540. The zero-order chi connectivity index (χ0) is 30.0. The first-order chi connectivity index (χ1) is 20.8. The van der Waals surface area contributed by atoms with Crippen molar-refractivity contribution in [3.8, 4) is 11.5 Å². The highest BCUT2D eigenvalue weighted by Crippen LogP contribution is 2.43. The summed E-state index contributed by atoms with van der Waals surface area (Å²) in [7, 11) is -3.76. The highest BCUT2D eigenvalue weighted by Gasteiger charge is 2.40. The monoisotopic (exact) mass is 610 g/mol. The van der Waals surface area contributed by atoms with E-state index in [0.29, 0.717) is 41.8 Å². The number of piperazine rings is 1. The number of benzene rings is 3. The Balaban J connectivity index is 1.05. The number of nitrogens with zero attached hydrogens (tertiary/aromatic N) is 2. The molecule has 1 spiro atoms. The molecule has 0 bridgehead atoms. The van der Waals surface area contributed by atoms with Gasteiger partial charge in [-0.15, -0.1) is 0 Å². The minimum Gasteiger partial charge on any atom is -0.457 e. The van der Waals surface area contributed by atoms with Crippen molar-refractivity contribution in [1.29, 1.82) is 0 Å². The third kappa shape index (κ3) is 6.32. The molecule has 1 N–H and O–H groups in total. The fourth-order valence-electron chi connectivity index (χ4n) is 6.12. The zero-order valence-electron chi connectivity index (χ0n) is 23.8. The molecular weight excluding hydrogens is 575 g/mol. The standard InChI is InChI=1S/C32H35FN2O7S/c33-27-4-8-29(9-5-27)43(38,39)35-17-15-34(16-18-35)31(37)24-1-6-28(7-2-24)42-30-10-3-25(21-26(30)22-36)23-11-13-32(14-12-23)40-19-20-41-32/h1-10,21,23,36H,11-20,22H2. The Kier molecular flexibility index (Phi) is 8.52. The van der Waals surface area contributed by atoms with E-state index >= 15 is 0 Å². The summed E-state index contributed by atoms with van der Waals surface area (Å²) in [5.41, 5.74) is 2.32. The van der Waals surface area contributed by atoms with Crippen LogP contribution in [0.2, 0.25) is 0 Å². The Labute approximate surface area is 250 Å². The number of sulfonamides is 1. The lowest BCUT2D eigenvalue weighted by molar-refractivity contribution is -0.178. The van der Waals surface area contributed by atoms with Crippen molar-refractivity contribution in [3.63, 3.8) is 0 Å². The summed E-state index contributed by atoms with van der Waals surface area (Å²) in [6.45, 7) is 1.93. The van der Waals surface area contributed by atoms with E-state index in [1.165, 1.54) is 16.4 Å². The van der Waals surface area contributed by atoms with E-state index in [1.807, 2.05) is 18.2 Å². The molecule has 3 aromatic carbocycles. The fraction of sp³-hybridized carbons (Fsp3) is 0.406. The molecule has 6 rings (SSSR count). The van der Waals surface area contributed by atoms with E-state index in [-0.39, 0.29) is 43.6 Å². The minimum atomic E-state index is -3.76. The van der Waals surface area contributed by atoms with Gasteiger partial charge < -0.3 is 24.2 Å². The lowest BCUT2D eigenvalue weighted by Gasteiger charge is -2.35. The van der Waals surface area contributed by atoms with Gasteiger partial charge in [0.25, 0.3) is 5.91 Å². The molecule has 2 aliphatic heterocycles. The lowest BCUT2D eigenvalue weighted by atomic mass is 9.80. The Morgan fingerprint density at radius 1 is 0.930 bits per heavy atom. The second kappa shape index (κ2) is 12.3. The largest absolute Gasteiger partial charge is 0.457 e. The second-order valence-electron chi connectivity index (χ2n) is 11.2. The quantitative estimate of drug-likeness (QED) is 0.415. The minimum absolute atomic E-state index is 0.0275. The van der Waals surface area contributed by atoms with Crippen LogP contribution >= 0.6 is 0 Å². The van der Waals surface area contributed by atoms with Crippen LogP contribution in [0.1, 0.15) is 53.1 Å². The predicted octanol–water partition coefficient (Wildman–Crippen LogP) is 4.66. The maximum absolute atomic E-state index is 13.2. The van der Waals surface area contributed by atoms with Crippen LogP contribution in [0.4, 0.5) is 4.39 Å². The molecule has 0 atom stereocenters. The topological polar surface area (TPSA) is 106 Å². The number of carbonyl (C=O) groups excluding carboxylic acids is 1. The van der Waals surface area contributed by atoms with Gasteiger partial charge in [0, 0.05) is 50.1 Å². The Morgan fingerprint density at radius 2 is 1.58 bits per heavy atom. The van der Waals surface area contributed by atoms with Crippen molar-refractivity contribution in [3.05, 3.63) is 89.2 Å². The molecule has 43 heavy (non-hydrogen) atoms. The summed E-state index contributed by atoms with van der Waals surface area (Å²) in [6, 6.07) is 17.4. The number of aliphatic hydroxyl groups is 1. The highest BCUT2D eigenvalue weighted by atomic mass is 32.2. The first-order valence-electron chi connectivity index (χ1n) is 14.6. The van der Waals surface area contributed by atoms with Gasteiger partial charge in [0.2, 0.25) is 10.0 Å². The number of aliphatic hydroxyl groups excluding tert-OH is 1. The molecular formula is C32H35FN2O7S. The van der Waals surface area contributed by atoms with Crippen LogP contribution in [0.3, 0.4) is 0 Å². The van der Waals surface area contributed by atoms with Crippen molar-refractivity contribution in [2.75, 3.05) is 39.4 Å². The molecule has 3 aromatic rings. The molecule has 1 amide bonds. The normalized spacial score (nSPS) is 19.5. The molecule has 228 valence electrons. The molecule has 1 aliphatic carbocycles. The van der Waals surface area contributed by atoms with Gasteiger partial charge in [-0.3, -0.25) is 4.79 Å². The lowest BCUT2D eigenvalue weighted by Crippen LogP contribution is -2.50. The molecule has 2 saturated heterocycles. The number of hydrogen-bond acceptors (Lipinski definition) is 7. The highest BCUT2D eigenvalue weighted by molar-refractivity contribution is 7.89. The van der Waals surface area contributed by atoms with Gasteiger partial charge in [-0.25, -0.2) is 12.8 Å². The predicted molar refractivity (Wildman–Crippen MR) is 156 cm³/mol. The van der Waals surface area contributed by atoms with Crippen molar-refractivity contribution >= 4 is 15.9 Å². The van der Waals surface area contributed by atoms with E-state index in [1.54, 1.807) is 29.2 Å². The van der Waals surface area contributed by atoms with Crippen molar-refractivity contribution < 1.29 is 36.9 Å². The number of amides is 1. The van der Waals surface area contributed by atoms with E-state index in [2.05, 4.69) is 0 Å². The van der Waals surface area contributed by atoms with Gasteiger partial charge in [-0.2, -0.15) is 4.31 Å². The van der Waals surface area contributed by atoms with Crippen molar-refractivity contribution in [1.82, 2.24) is 9.21 Å². The maximum atomic E-state index is 13.2. The Hall–Kier alpha value is -3.35. The summed E-state index contributed by atoms with van der Waals surface area (Å²) in [4.78, 5) is 14.8. The molecule has 3 aliphatic rings. The van der Waals surface area contributed by atoms with Gasteiger partial charge in [-0.05, 0) is 85.0 Å². The maximum Gasteiger partial charge on any atom is 0.253 e. The fourth-order valence-corrected chi connectivity index (χ4v) is 7.54. The van der Waals surface area contributed by atoms with Crippen LogP contribution in [0.25, 0.3) is 0 Å². The second-order valence-corrected chi connectivity index (χ2v) is 13.1. The van der Waals surface area contributed by atoms with Gasteiger partial charge in [0.05, 0.1) is 24.7 Å². The van der Waals surface area contributed by atoms with E-state index in [4.69, 9.17) is 14.2 Å². The van der Waals surface area contributed by atoms with Gasteiger partial charge in [0.1, 0.15) is 17.3 Å². The molecule has 3 fully saturated rings. The number of ether oxygens (including phenoxy) is 3. The summed E-state index contributed by atoms with van der Waals surface area (Å²) >= 11 is 0. The molecule has 1 saturated carbocycles. The molecule has 0 radical (unpaired) electrons. The summed E-state index contributed by atoms with van der Waals surface area (Å²) in [5, 5.41) is 10.1. The van der Waals surface area contributed by atoms with Crippen LogP contribution in [-0.2, 0) is 26.1 Å². The average molecular weight is 611 g/mol. The smallest absolute Gasteiger partial charge is 0.253 e. The van der Waals surface area contributed by atoms with Crippen LogP contribution < -0.4 is 4.74 Å². The SMILES string of the molecule is O=C(c1ccc(Oc2ccc(C3CCC4(CC3)OCCO4)cc2CO)cc1)N1CCN(S(=O)(=O)c2ccc(F)cc2)CC1. The third-order valence-electron chi connectivity index (χ3n) is 8.59. The van der Waals surface area contributed by atoms with Gasteiger partial charge in [0.15, 0.2) is 5.79 Å². The molecule has 0 unspecified atom stereocenters. The number of halogens is 1. The zero-order valence-corrected chi connectivity index (χ0v) is 24.6. The van der Waals surface area contributed by atoms with Crippen LogP contribution in [0.5, 0.6) is 11.5 Å². The molecule has 9 nitrogen and oxygen atoms in total. The number of hydrogen-bond donors (Lipinski definition) is 1. The van der Waals surface area contributed by atoms with Gasteiger partial charge in [-0.1, -0.05) is 6.07 Å². The first kappa shape index (κ1) is 29.7. The summed E-state index contributed by atoms with van der Waals surface area (Å²) in [6.07, 6.45) is 3.64. The Morgan fingerprint density at radius 3 is 2.21 bits per heavy atom. The van der Waals surface area contributed by atoms with Crippen molar-refractivity contribution in [2.45, 2.75) is 48.9 Å². The first-order valence-corrected chi connectivity index (χ1v) is 16.0. The van der Waals surface area contributed by atoms with Crippen molar-refractivity contribution in [2.24, 2.45) is 0 Å². The summed E-state index contributed by atoms with van der Waals surface area (Å²) < 4.78 is 58.1. The van der Waals surface area contributed by atoms with Crippen LogP contribution in [0, 0.1) is 5.82 Å². The average Bonchev–Trinajstić information content (AvgIpc) is 3.49. The van der Waals surface area contributed by atoms with E-state index in [0.717, 1.165) is 43.4 Å². The van der Waals surface area contributed by atoms with Crippen LogP contribution in [-0.4, -0.2) is 73.8 Å². The van der Waals surface area contributed by atoms with Gasteiger partial charge >= 0.3 is 0 Å². The van der Waals surface area contributed by atoms with E-state index < -0.39 is 21.6 Å². The molecule has 2 heterocycles. The van der Waals surface area contributed by atoms with Crippen LogP contribution in [0.15, 0.2) is 71.6 Å². The summed E-state index contributed by atoms with van der Waals surface area (Å²) in [5.74, 6) is 0.341. The molecule has 0 aromatic heterocycles. The number of carbonyl (C=O) groups is 1. The molecule has 11 heteroatoms. The third-order valence-corrected chi connectivity index (χ3v) is 10.5. The number of rotatable bonds is 7.